The van der Waals surface area contributed by atoms with Crippen molar-refractivity contribution in [1.82, 2.24) is 15.3 Å². The molecule has 3 fully saturated rings. The Morgan fingerprint density at radius 2 is 1.84 bits per heavy atom. The number of nitrogens with one attached hydrogen (secondary N) is 1. The molecular weight excluding hydrogens is 236 g/mol. The van der Waals surface area contributed by atoms with Gasteiger partial charge in [0.2, 0.25) is 0 Å². The molecule has 3 aliphatic rings. The van der Waals surface area contributed by atoms with Crippen molar-refractivity contribution in [2.45, 2.75) is 44.7 Å². The molecule has 1 saturated heterocycles. The monoisotopic (exact) mass is 258 g/mol. The van der Waals surface area contributed by atoms with Crippen LogP contribution in [0, 0.1) is 11.8 Å². The molecule has 4 nitrogen and oxygen atoms in total. The zero-order valence-corrected chi connectivity index (χ0v) is 11.4. The summed E-state index contributed by atoms with van der Waals surface area (Å²) in [6.07, 6.45) is 10.8. The van der Waals surface area contributed by atoms with Crippen LogP contribution in [0.15, 0.2) is 12.4 Å². The molecule has 0 amide bonds. The van der Waals surface area contributed by atoms with Gasteiger partial charge in [0.05, 0.1) is 18.1 Å². The van der Waals surface area contributed by atoms with Crippen LogP contribution >= 0.6 is 0 Å². The third-order valence-electron chi connectivity index (χ3n) is 4.89. The zero-order chi connectivity index (χ0) is 12.7. The van der Waals surface area contributed by atoms with E-state index in [4.69, 9.17) is 0 Å². The average Bonchev–Trinajstić information content (AvgIpc) is 3.01. The summed E-state index contributed by atoms with van der Waals surface area (Å²) in [7, 11) is 0. The van der Waals surface area contributed by atoms with Crippen LogP contribution in [0.5, 0.6) is 0 Å². The Bertz CT molecular complexity index is 428. The first-order valence-electron chi connectivity index (χ1n) is 7.68. The molecule has 4 heteroatoms. The predicted octanol–water partition coefficient (Wildman–Crippen LogP) is 1.96. The Labute approximate surface area is 114 Å². The average molecular weight is 258 g/mol. The number of nitrogens with zero attached hydrogens (tertiary/aromatic N) is 3. The van der Waals surface area contributed by atoms with Gasteiger partial charge in [0, 0.05) is 25.7 Å². The third kappa shape index (κ3) is 2.46. The fraction of sp³-hybridized carbons (Fsp3) is 0.733. The van der Waals surface area contributed by atoms with Gasteiger partial charge in [-0.1, -0.05) is 6.42 Å². The number of hydrogen-bond donors (Lipinski definition) is 1. The lowest BCUT2D eigenvalue weighted by molar-refractivity contribution is 0.494. The lowest BCUT2D eigenvalue weighted by Crippen LogP contribution is -2.22. The van der Waals surface area contributed by atoms with E-state index in [-0.39, 0.29) is 0 Å². The number of aromatic nitrogens is 2. The molecule has 2 heterocycles. The van der Waals surface area contributed by atoms with Crippen LogP contribution in [0.1, 0.15) is 37.8 Å². The Kier molecular flexibility index (Phi) is 2.91. The van der Waals surface area contributed by atoms with E-state index in [9.17, 15) is 0 Å². The lowest BCUT2D eigenvalue weighted by Gasteiger charge is -2.18. The van der Waals surface area contributed by atoms with E-state index in [1.165, 1.54) is 45.2 Å². The molecule has 2 unspecified atom stereocenters. The smallest absolute Gasteiger partial charge is 0.147 e. The summed E-state index contributed by atoms with van der Waals surface area (Å²) in [6.45, 7) is 3.25. The van der Waals surface area contributed by atoms with Crippen molar-refractivity contribution in [2.75, 3.05) is 18.0 Å². The van der Waals surface area contributed by atoms with Gasteiger partial charge in [-0.2, -0.15) is 0 Å². The van der Waals surface area contributed by atoms with Crippen LogP contribution in [-0.2, 0) is 6.54 Å². The van der Waals surface area contributed by atoms with Gasteiger partial charge in [-0.25, -0.2) is 4.98 Å². The van der Waals surface area contributed by atoms with Crippen molar-refractivity contribution in [2.24, 2.45) is 11.8 Å². The van der Waals surface area contributed by atoms with Crippen molar-refractivity contribution in [3.63, 3.8) is 0 Å². The number of hydrogen-bond acceptors (Lipinski definition) is 4. The molecule has 2 saturated carbocycles. The van der Waals surface area contributed by atoms with E-state index in [0.717, 1.165) is 35.9 Å². The van der Waals surface area contributed by atoms with Gasteiger partial charge < -0.3 is 10.2 Å². The minimum absolute atomic E-state index is 0.736. The van der Waals surface area contributed by atoms with Gasteiger partial charge in [0.15, 0.2) is 0 Å². The SMILES string of the molecule is c1nc(N2CC3CCCC3C2)cnc1CNC1CC1. The standard InChI is InChI=1S/C15H22N4/c1-2-11-9-19(10-12(11)3-1)15-8-17-14(7-18-15)6-16-13-4-5-13/h7-8,11-13,16H,1-6,9-10H2. The minimum Gasteiger partial charge on any atom is -0.355 e. The second kappa shape index (κ2) is 4.75. The van der Waals surface area contributed by atoms with Crippen LogP contribution in [-0.4, -0.2) is 29.1 Å². The predicted molar refractivity (Wildman–Crippen MR) is 74.9 cm³/mol. The second-order valence-corrected chi connectivity index (χ2v) is 6.38. The van der Waals surface area contributed by atoms with E-state index in [2.05, 4.69) is 20.2 Å². The van der Waals surface area contributed by atoms with Gasteiger partial charge in [-0.15, -0.1) is 0 Å². The largest absolute Gasteiger partial charge is 0.355 e. The first kappa shape index (κ1) is 11.6. The summed E-state index contributed by atoms with van der Waals surface area (Å²) in [4.78, 5) is 11.6. The summed E-state index contributed by atoms with van der Waals surface area (Å²) >= 11 is 0. The molecule has 102 valence electrons. The van der Waals surface area contributed by atoms with Crippen molar-refractivity contribution in [3.05, 3.63) is 18.1 Å². The molecule has 0 aromatic carbocycles. The molecular formula is C15H22N4. The fourth-order valence-electron chi connectivity index (χ4n) is 3.56. The maximum Gasteiger partial charge on any atom is 0.147 e. The zero-order valence-electron chi connectivity index (χ0n) is 11.4. The highest BCUT2D eigenvalue weighted by Crippen LogP contribution is 2.38. The highest BCUT2D eigenvalue weighted by molar-refractivity contribution is 5.38. The maximum absolute atomic E-state index is 4.61. The summed E-state index contributed by atoms with van der Waals surface area (Å²) in [5.41, 5.74) is 1.06. The Balaban J connectivity index is 1.38. The summed E-state index contributed by atoms with van der Waals surface area (Å²) in [6, 6.07) is 0.736. The van der Waals surface area contributed by atoms with Crippen LogP contribution in [0.4, 0.5) is 5.82 Å². The van der Waals surface area contributed by atoms with Crippen molar-refractivity contribution in [1.29, 1.82) is 0 Å². The molecule has 1 N–H and O–H groups in total. The van der Waals surface area contributed by atoms with Gasteiger partial charge in [0.25, 0.3) is 0 Å². The summed E-state index contributed by atoms with van der Waals surface area (Å²) in [5, 5.41) is 3.48. The Morgan fingerprint density at radius 1 is 1.05 bits per heavy atom. The normalized spacial score (nSPS) is 29.8. The van der Waals surface area contributed by atoms with Crippen LogP contribution < -0.4 is 10.2 Å². The second-order valence-electron chi connectivity index (χ2n) is 6.38. The van der Waals surface area contributed by atoms with E-state index in [1.807, 2.05) is 12.4 Å². The highest BCUT2D eigenvalue weighted by Gasteiger charge is 2.36. The van der Waals surface area contributed by atoms with Crippen molar-refractivity contribution < 1.29 is 0 Å². The first-order chi connectivity index (χ1) is 9.38. The van der Waals surface area contributed by atoms with Crippen LogP contribution in [0.2, 0.25) is 0 Å². The number of rotatable bonds is 4. The molecule has 1 aliphatic heterocycles. The molecule has 0 bridgehead atoms. The molecule has 0 spiro atoms. The lowest BCUT2D eigenvalue weighted by atomic mass is 10.0. The van der Waals surface area contributed by atoms with Crippen LogP contribution in [0.25, 0.3) is 0 Å². The maximum atomic E-state index is 4.61. The Hall–Kier alpha value is -1.16. The molecule has 1 aromatic rings. The van der Waals surface area contributed by atoms with Gasteiger partial charge >= 0.3 is 0 Å². The van der Waals surface area contributed by atoms with E-state index in [0.29, 0.717) is 0 Å². The quantitative estimate of drug-likeness (QED) is 0.896. The van der Waals surface area contributed by atoms with Crippen molar-refractivity contribution in [3.8, 4) is 0 Å². The van der Waals surface area contributed by atoms with E-state index in [1.54, 1.807) is 0 Å². The third-order valence-corrected chi connectivity index (χ3v) is 4.89. The molecule has 0 radical (unpaired) electrons. The molecule has 2 aliphatic carbocycles. The van der Waals surface area contributed by atoms with E-state index >= 15 is 0 Å². The summed E-state index contributed by atoms with van der Waals surface area (Å²) in [5.74, 6) is 2.90. The van der Waals surface area contributed by atoms with Gasteiger partial charge in [-0.3, -0.25) is 4.98 Å². The fourth-order valence-corrected chi connectivity index (χ4v) is 3.56. The number of fused-ring (bicyclic) bond motifs is 1. The Morgan fingerprint density at radius 3 is 2.47 bits per heavy atom. The number of anilines is 1. The molecule has 19 heavy (non-hydrogen) atoms. The van der Waals surface area contributed by atoms with Crippen LogP contribution in [0.3, 0.4) is 0 Å². The first-order valence-corrected chi connectivity index (χ1v) is 7.68. The molecule has 1 aromatic heterocycles. The minimum atomic E-state index is 0.736. The van der Waals surface area contributed by atoms with Crippen molar-refractivity contribution >= 4 is 5.82 Å². The molecule has 2 atom stereocenters. The molecule has 4 rings (SSSR count). The van der Waals surface area contributed by atoms with Gasteiger partial charge in [-0.05, 0) is 37.5 Å². The summed E-state index contributed by atoms with van der Waals surface area (Å²) < 4.78 is 0. The van der Waals surface area contributed by atoms with E-state index < -0.39 is 0 Å². The van der Waals surface area contributed by atoms with Gasteiger partial charge in [0.1, 0.15) is 5.82 Å². The topological polar surface area (TPSA) is 41.1 Å². The highest BCUT2D eigenvalue weighted by atomic mass is 15.2.